The van der Waals surface area contributed by atoms with Crippen molar-refractivity contribution in [1.82, 2.24) is 20.1 Å². The van der Waals surface area contributed by atoms with E-state index in [2.05, 4.69) is 15.2 Å². The van der Waals surface area contributed by atoms with Crippen molar-refractivity contribution >= 4 is 18.3 Å². The molecule has 1 fully saturated rings. The molecule has 1 aliphatic heterocycles. The Hall–Kier alpha value is -1.92. The molecule has 3 N–H and O–H groups in total. The van der Waals surface area contributed by atoms with Crippen LogP contribution >= 0.6 is 12.4 Å². The molecule has 1 amide bonds. The minimum Gasteiger partial charge on any atom is -0.341 e. The van der Waals surface area contributed by atoms with Crippen LogP contribution in [0.5, 0.6) is 0 Å². The average Bonchev–Trinajstić information content (AvgIpc) is 3.11. The van der Waals surface area contributed by atoms with Crippen molar-refractivity contribution in [3.05, 3.63) is 36.2 Å². The zero-order valence-corrected chi connectivity index (χ0v) is 15.5. The van der Waals surface area contributed by atoms with E-state index in [1.54, 1.807) is 0 Å². The van der Waals surface area contributed by atoms with Gasteiger partial charge < -0.3 is 10.6 Å². The number of nitrogens with two attached hydrogens (primary N) is 1. The van der Waals surface area contributed by atoms with Gasteiger partial charge in [-0.2, -0.15) is 5.10 Å². The normalized spacial score (nSPS) is 18.7. The highest BCUT2D eigenvalue weighted by atomic mass is 35.5. The van der Waals surface area contributed by atoms with Crippen molar-refractivity contribution in [3.8, 4) is 11.4 Å². The molecular formula is C18H26ClN5O. The van der Waals surface area contributed by atoms with Crippen LogP contribution in [0.25, 0.3) is 11.4 Å². The van der Waals surface area contributed by atoms with Crippen LogP contribution in [0.4, 0.5) is 0 Å². The van der Waals surface area contributed by atoms with Gasteiger partial charge in [0.25, 0.3) is 0 Å². The summed E-state index contributed by atoms with van der Waals surface area (Å²) >= 11 is 0. The second-order valence-corrected chi connectivity index (χ2v) is 6.80. The topological polar surface area (TPSA) is 87.9 Å². The molecule has 0 saturated carbocycles. The van der Waals surface area contributed by atoms with E-state index in [9.17, 15) is 4.79 Å². The Morgan fingerprint density at radius 3 is 2.72 bits per heavy atom. The number of carbonyl (C=O) groups excluding carboxylic acids is 1. The van der Waals surface area contributed by atoms with Gasteiger partial charge in [-0.3, -0.25) is 9.89 Å². The number of hydrogen-bond acceptors (Lipinski definition) is 4. The molecule has 1 aromatic carbocycles. The van der Waals surface area contributed by atoms with Crippen LogP contribution in [0.3, 0.4) is 0 Å². The summed E-state index contributed by atoms with van der Waals surface area (Å²) in [5.74, 6) is 1.93. The van der Waals surface area contributed by atoms with Crippen LogP contribution < -0.4 is 5.73 Å². The van der Waals surface area contributed by atoms with Gasteiger partial charge in [-0.25, -0.2) is 4.98 Å². The first-order valence-corrected chi connectivity index (χ1v) is 8.58. The largest absolute Gasteiger partial charge is 0.341 e. The maximum absolute atomic E-state index is 12.5. The summed E-state index contributed by atoms with van der Waals surface area (Å²) in [5, 5.41) is 7.39. The van der Waals surface area contributed by atoms with Gasteiger partial charge in [0.1, 0.15) is 5.82 Å². The number of carbonyl (C=O) groups is 1. The van der Waals surface area contributed by atoms with E-state index in [4.69, 9.17) is 5.73 Å². The van der Waals surface area contributed by atoms with Crippen molar-refractivity contribution in [3.63, 3.8) is 0 Å². The average molecular weight is 364 g/mol. The van der Waals surface area contributed by atoms with Gasteiger partial charge in [0, 0.05) is 24.6 Å². The summed E-state index contributed by atoms with van der Waals surface area (Å²) < 4.78 is 0. The Morgan fingerprint density at radius 2 is 2.04 bits per heavy atom. The zero-order chi connectivity index (χ0) is 17.1. The number of aromatic nitrogens is 3. The number of amides is 1. The van der Waals surface area contributed by atoms with E-state index in [1.165, 1.54) is 0 Å². The minimum atomic E-state index is -0.432. The number of rotatable bonds is 4. The van der Waals surface area contributed by atoms with E-state index >= 15 is 0 Å². The number of benzene rings is 1. The molecule has 2 aromatic rings. The van der Waals surface area contributed by atoms with Gasteiger partial charge in [0.15, 0.2) is 5.82 Å². The number of H-pyrrole nitrogens is 1. The third-order valence-electron chi connectivity index (χ3n) is 4.66. The lowest BCUT2D eigenvalue weighted by Crippen LogP contribution is -2.49. The van der Waals surface area contributed by atoms with E-state index in [-0.39, 0.29) is 30.2 Å². The number of nitrogens with zero attached hydrogens (tertiary/aromatic N) is 3. The van der Waals surface area contributed by atoms with Crippen molar-refractivity contribution < 1.29 is 4.79 Å². The van der Waals surface area contributed by atoms with Gasteiger partial charge in [0.05, 0.1) is 6.04 Å². The predicted molar refractivity (Wildman–Crippen MR) is 100 cm³/mol. The molecule has 25 heavy (non-hydrogen) atoms. The number of hydrogen-bond donors (Lipinski definition) is 2. The third-order valence-corrected chi connectivity index (χ3v) is 4.66. The molecule has 1 saturated heterocycles. The van der Waals surface area contributed by atoms with Crippen LogP contribution in [-0.2, 0) is 4.79 Å². The van der Waals surface area contributed by atoms with Gasteiger partial charge in [0.2, 0.25) is 5.91 Å². The lowest BCUT2D eigenvalue weighted by Gasteiger charge is -2.34. The second-order valence-electron chi connectivity index (χ2n) is 6.80. The molecule has 1 unspecified atom stereocenters. The molecule has 1 aromatic heterocycles. The molecule has 0 aliphatic carbocycles. The first-order chi connectivity index (χ1) is 11.6. The fraction of sp³-hybridized carbons (Fsp3) is 0.500. The number of piperidine rings is 1. The van der Waals surface area contributed by atoms with Gasteiger partial charge >= 0.3 is 0 Å². The van der Waals surface area contributed by atoms with Crippen molar-refractivity contribution in [2.24, 2.45) is 11.7 Å². The number of likely N-dealkylation sites (tertiary alicyclic amines) is 1. The molecule has 136 valence electrons. The summed E-state index contributed by atoms with van der Waals surface area (Å²) in [6.45, 7) is 5.39. The van der Waals surface area contributed by atoms with E-state index in [1.807, 2.05) is 49.1 Å². The van der Waals surface area contributed by atoms with Crippen LogP contribution in [0.15, 0.2) is 30.3 Å². The van der Waals surface area contributed by atoms with Crippen LogP contribution in [-0.4, -0.2) is 45.1 Å². The molecule has 0 spiro atoms. The van der Waals surface area contributed by atoms with E-state index in [0.29, 0.717) is 12.4 Å². The third kappa shape index (κ3) is 4.38. The van der Waals surface area contributed by atoms with Crippen molar-refractivity contribution in [2.45, 2.75) is 38.6 Å². The molecule has 2 heterocycles. The Bertz CT molecular complexity index is 688. The summed E-state index contributed by atoms with van der Waals surface area (Å²) in [4.78, 5) is 19.0. The monoisotopic (exact) mass is 363 g/mol. The molecule has 3 rings (SSSR count). The molecule has 0 radical (unpaired) electrons. The minimum absolute atomic E-state index is 0. The molecule has 0 bridgehead atoms. The van der Waals surface area contributed by atoms with E-state index in [0.717, 1.165) is 30.8 Å². The summed E-state index contributed by atoms with van der Waals surface area (Å²) in [5.41, 5.74) is 7.02. The lowest BCUT2D eigenvalue weighted by atomic mass is 9.95. The molecule has 6 nitrogen and oxygen atoms in total. The number of nitrogens with one attached hydrogen (secondary N) is 1. The summed E-state index contributed by atoms with van der Waals surface area (Å²) in [6, 6.07) is 9.47. The zero-order valence-electron chi connectivity index (χ0n) is 14.7. The molecule has 1 aliphatic rings. The Kier molecular flexibility index (Phi) is 6.56. The van der Waals surface area contributed by atoms with Crippen molar-refractivity contribution in [2.75, 3.05) is 13.1 Å². The Labute approximate surface area is 154 Å². The first kappa shape index (κ1) is 19.4. The molecule has 7 heteroatoms. The lowest BCUT2D eigenvalue weighted by molar-refractivity contribution is -0.134. The maximum Gasteiger partial charge on any atom is 0.239 e. The second kappa shape index (κ2) is 8.45. The molecule has 2 atom stereocenters. The van der Waals surface area contributed by atoms with Gasteiger partial charge in [-0.1, -0.05) is 44.2 Å². The van der Waals surface area contributed by atoms with Crippen LogP contribution in [0.2, 0.25) is 0 Å². The number of aromatic amines is 1. The van der Waals surface area contributed by atoms with Gasteiger partial charge in [-0.05, 0) is 18.8 Å². The Morgan fingerprint density at radius 1 is 1.32 bits per heavy atom. The van der Waals surface area contributed by atoms with Gasteiger partial charge in [-0.15, -0.1) is 12.4 Å². The quantitative estimate of drug-likeness (QED) is 0.873. The summed E-state index contributed by atoms with van der Waals surface area (Å²) in [7, 11) is 0. The maximum atomic E-state index is 12.5. The highest BCUT2D eigenvalue weighted by molar-refractivity contribution is 5.85. The SMILES string of the molecule is CC(C)[C@H](N)C(=O)N1CCCC(c2nc(-c3ccccc3)n[nH]2)C1.Cl. The van der Waals surface area contributed by atoms with Crippen LogP contribution in [0.1, 0.15) is 38.4 Å². The number of halogens is 1. The Balaban J connectivity index is 0.00000225. The standard InChI is InChI=1S/C18H25N5O.ClH/c1-12(2)15(19)18(24)23-10-6-9-14(11-23)17-20-16(21-22-17)13-7-4-3-5-8-13;/h3-5,7-8,12,14-15H,6,9-11,19H2,1-2H3,(H,20,21,22);1H/t14?,15-;/m0./s1. The smallest absolute Gasteiger partial charge is 0.239 e. The fourth-order valence-electron chi connectivity index (χ4n) is 3.07. The van der Waals surface area contributed by atoms with E-state index < -0.39 is 6.04 Å². The predicted octanol–water partition coefficient (Wildman–Crippen LogP) is 2.58. The van der Waals surface area contributed by atoms with Crippen LogP contribution in [0, 0.1) is 5.92 Å². The highest BCUT2D eigenvalue weighted by Gasteiger charge is 2.30. The highest BCUT2D eigenvalue weighted by Crippen LogP contribution is 2.26. The van der Waals surface area contributed by atoms with Crippen molar-refractivity contribution in [1.29, 1.82) is 0 Å². The fourth-order valence-corrected chi connectivity index (χ4v) is 3.07. The first-order valence-electron chi connectivity index (χ1n) is 8.58. The molecular weight excluding hydrogens is 338 g/mol. The summed E-state index contributed by atoms with van der Waals surface area (Å²) in [6.07, 6.45) is 1.96.